The molecule has 0 radical (unpaired) electrons. The second kappa shape index (κ2) is 9.18. The summed E-state index contributed by atoms with van der Waals surface area (Å²) in [6.07, 6.45) is 3.29. The highest BCUT2D eigenvalue weighted by Crippen LogP contribution is 2.45. The molecule has 8 nitrogen and oxygen atoms in total. The largest absolute Gasteiger partial charge is 0.384 e. The Balaban J connectivity index is 1.71. The maximum atomic E-state index is 14.6. The van der Waals surface area contributed by atoms with E-state index in [-0.39, 0.29) is 12.0 Å². The van der Waals surface area contributed by atoms with E-state index in [1.807, 2.05) is 20.0 Å². The molecule has 5 heterocycles. The first-order valence-corrected chi connectivity index (χ1v) is 13.3. The molecule has 1 aromatic carbocycles. The van der Waals surface area contributed by atoms with Gasteiger partial charge in [-0.3, -0.25) is 4.98 Å². The fourth-order valence-electron chi connectivity index (χ4n) is 5.63. The van der Waals surface area contributed by atoms with Gasteiger partial charge >= 0.3 is 0 Å². The Kier molecular flexibility index (Phi) is 6.04. The lowest BCUT2D eigenvalue weighted by atomic mass is 9.86. The van der Waals surface area contributed by atoms with Crippen LogP contribution in [0.3, 0.4) is 0 Å². The highest BCUT2D eigenvalue weighted by atomic mass is 32.1. The van der Waals surface area contributed by atoms with Crippen LogP contribution in [-0.2, 0) is 17.4 Å². The standard InChI is InChI=1S/C27H28F2N6O2S/c1-14-22(34(4)33-31-14)17-12-20-21(30-13-17)25-24(26(32-38-25)27(2,3)36)35(20)23(15-7-9-37-10-8-15)16-5-6-18(28)19(29)11-16/h5-6,11-13,15,23,36H,7-10H2,1-4H3. The molecule has 11 heteroatoms. The van der Waals surface area contributed by atoms with E-state index in [1.165, 1.54) is 23.7 Å². The topological polar surface area (TPSA) is 90.9 Å². The van der Waals surface area contributed by atoms with E-state index in [0.29, 0.717) is 24.5 Å². The molecule has 1 saturated heterocycles. The second-order valence-corrected chi connectivity index (χ2v) is 11.2. The van der Waals surface area contributed by atoms with Gasteiger partial charge in [-0.2, -0.15) is 4.37 Å². The molecule has 0 spiro atoms. The van der Waals surface area contributed by atoms with Crippen molar-refractivity contribution in [3.05, 3.63) is 59.0 Å². The van der Waals surface area contributed by atoms with Gasteiger partial charge in [0.2, 0.25) is 0 Å². The monoisotopic (exact) mass is 538 g/mol. The normalized spacial score (nSPS) is 16.1. The van der Waals surface area contributed by atoms with Crippen LogP contribution in [0, 0.1) is 24.5 Å². The van der Waals surface area contributed by atoms with Crippen LogP contribution >= 0.6 is 11.5 Å². The summed E-state index contributed by atoms with van der Waals surface area (Å²) in [5.41, 5.74) is 4.69. The molecular formula is C27H28F2N6O2S. The van der Waals surface area contributed by atoms with Crippen molar-refractivity contribution < 1.29 is 18.6 Å². The lowest BCUT2D eigenvalue weighted by molar-refractivity contribution is 0.0547. The Morgan fingerprint density at radius 2 is 1.92 bits per heavy atom. The lowest BCUT2D eigenvalue weighted by Crippen LogP contribution is -2.28. The minimum Gasteiger partial charge on any atom is -0.384 e. The zero-order valence-electron chi connectivity index (χ0n) is 21.6. The van der Waals surface area contributed by atoms with Gasteiger partial charge in [-0.05, 0) is 74.8 Å². The number of benzene rings is 1. The van der Waals surface area contributed by atoms with Crippen LogP contribution in [0.2, 0.25) is 0 Å². The van der Waals surface area contributed by atoms with Gasteiger partial charge in [0.15, 0.2) is 11.6 Å². The maximum absolute atomic E-state index is 14.6. The number of aromatic nitrogens is 6. The molecule has 1 atom stereocenters. The van der Waals surface area contributed by atoms with Crippen LogP contribution in [0.15, 0.2) is 30.5 Å². The number of fused-ring (bicyclic) bond motifs is 3. The molecule has 0 saturated carbocycles. The Morgan fingerprint density at radius 3 is 2.58 bits per heavy atom. The number of halogens is 2. The summed E-state index contributed by atoms with van der Waals surface area (Å²) >= 11 is 1.28. The fraction of sp³-hybridized carbons (Fsp3) is 0.407. The van der Waals surface area contributed by atoms with E-state index in [4.69, 9.17) is 9.72 Å². The zero-order valence-corrected chi connectivity index (χ0v) is 22.4. The van der Waals surface area contributed by atoms with Gasteiger partial charge in [-0.25, -0.2) is 13.5 Å². The van der Waals surface area contributed by atoms with Crippen molar-refractivity contribution in [2.45, 2.75) is 45.3 Å². The molecular weight excluding hydrogens is 510 g/mol. The molecule has 38 heavy (non-hydrogen) atoms. The second-order valence-electron chi connectivity index (χ2n) is 10.4. The fourth-order valence-corrected chi connectivity index (χ4v) is 6.65. The number of aryl methyl sites for hydroxylation is 2. The van der Waals surface area contributed by atoms with Crippen molar-refractivity contribution in [2.24, 2.45) is 13.0 Å². The maximum Gasteiger partial charge on any atom is 0.159 e. The third kappa shape index (κ3) is 4.00. The molecule has 0 bridgehead atoms. The lowest BCUT2D eigenvalue weighted by Gasteiger charge is -2.33. The van der Waals surface area contributed by atoms with Crippen LogP contribution in [0.5, 0.6) is 0 Å². The Hall–Kier alpha value is -3.28. The van der Waals surface area contributed by atoms with E-state index in [1.54, 1.807) is 30.8 Å². The third-order valence-corrected chi connectivity index (χ3v) is 8.22. The van der Waals surface area contributed by atoms with Crippen LogP contribution in [0.4, 0.5) is 8.78 Å². The summed E-state index contributed by atoms with van der Waals surface area (Å²) in [5, 5.41) is 19.5. The van der Waals surface area contributed by atoms with E-state index in [2.05, 4.69) is 19.3 Å². The number of rotatable bonds is 5. The predicted molar refractivity (Wildman–Crippen MR) is 141 cm³/mol. The number of pyridine rings is 1. The highest BCUT2D eigenvalue weighted by molar-refractivity contribution is 7.14. The predicted octanol–water partition coefficient (Wildman–Crippen LogP) is 5.27. The van der Waals surface area contributed by atoms with Crippen LogP contribution in [0.25, 0.3) is 32.5 Å². The molecule has 0 aliphatic carbocycles. The first kappa shape index (κ1) is 25.0. The quantitative estimate of drug-likeness (QED) is 0.328. The van der Waals surface area contributed by atoms with Crippen molar-refractivity contribution in [3.63, 3.8) is 0 Å². The Bertz CT molecular complexity index is 1640. The number of nitrogens with zero attached hydrogens (tertiary/aromatic N) is 6. The summed E-state index contributed by atoms with van der Waals surface area (Å²) in [4.78, 5) is 4.86. The van der Waals surface area contributed by atoms with E-state index >= 15 is 0 Å². The van der Waals surface area contributed by atoms with Crippen molar-refractivity contribution in [2.75, 3.05) is 13.2 Å². The molecule has 198 valence electrons. The first-order valence-electron chi connectivity index (χ1n) is 12.6. The SMILES string of the molecule is Cc1nnn(C)c1-c1cnc2c3snc(C(C)(C)O)c3n(C(c3ccc(F)c(F)c3)C3CCOCC3)c2c1. The number of aliphatic hydroxyl groups is 1. The molecule has 1 aliphatic heterocycles. The summed E-state index contributed by atoms with van der Waals surface area (Å²) in [6.45, 7) is 6.46. The number of hydrogen-bond donors (Lipinski definition) is 1. The zero-order chi connectivity index (χ0) is 26.8. The average molecular weight is 539 g/mol. The van der Waals surface area contributed by atoms with E-state index < -0.39 is 17.2 Å². The van der Waals surface area contributed by atoms with Crippen molar-refractivity contribution in [3.8, 4) is 11.3 Å². The van der Waals surface area contributed by atoms with Gasteiger partial charge in [0.25, 0.3) is 0 Å². The van der Waals surface area contributed by atoms with E-state index in [9.17, 15) is 13.9 Å². The van der Waals surface area contributed by atoms with Crippen LogP contribution in [0.1, 0.15) is 49.7 Å². The summed E-state index contributed by atoms with van der Waals surface area (Å²) in [7, 11) is 1.83. The van der Waals surface area contributed by atoms with E-state index in [0.717, 1.165) is 51.0 Å². The van der Waals surface area contributed by atoms with Gasteiger partial charge < -0.3 is 14.4 Å². The highest BCUT2D eigenvalue weighted by Gasteiger charge is 2.35. The molecule has 1 aliphatic rings. The van der Waals surface area contributed by atoms with Gasteiger partial charge in [0, 0.05) is 32.0 Å². The molecule has 0 amide bonds. The molecule has 1 unspecified atom stereocenters. The van der Waals surface area contributed by atoms with Crippen LogP contribution < -0.4 is 0 Å². The molecule has 4 aromatic heterocycles. The summed E-state index contributed by atoms with van der Waals surface area (Å²) in [5.74, 6) is -1.71. The third-order valence-electron chi connectivity index (χ3n) is 7.37. The number of hydrogen-bond acceptors (Lipinski definition) is 7. The Morgan fingerprint density at radius 1 is 1.16 bits per heavy atom. The minimum absolute atomic E-state index is 0.0747. The van der Waals surface area contributed by atoms with Crippen molar-refractivity contribution in [1.82, 2.24) is 28.9 Å². The smallest absolute Gasteiger partial charge is 0.159 e. The summed E-state index contributed by atoms with van der Waals surface area (Å²) < 4.78 is 43.6. The van der Waals surface area contributed by atoms with Gasteiger partial charge in [-0.15, -0.1) is 5.10 Å². The number of ether oxygens (including phenoxy) is 1. The summed E-state index contributed by atoms with van der Waals surface area (Å²) in [6, 6.07) is 5.78. The molecule has 1 N–H and O–H groups in total. The van der Waals surface area contributed by atoms with Crippen LogP contribution in [-0.4, -0.2) is 47.2 Å². The van der Waals surface area contributed by atoms with Gasteiger partial charge in [0.05, 0.1) is 33.2 Å². The minimum atomic E-state index is -1.23. The molecule has 6 rings (SSSR count). The Labute approximate surface area is 222 Å². The van der Waals surface area contributed by atoms with Crippen molar-refractivity contribution in [1.29, 1.82) is 0 Å². The first-order chi connectivity index (χ1) is 18.1. The average Bonchev–Trinajstić information content (AvgIpc) is 3.55. The van der Waals surface area contributed by atoms with Crippen molar-refractivity contribution >= 4 is 32.8 Å². The van der Waals surface area contributed by atoms with Gasteiger partial charge in [-0.1, -0.05) is 11.3 Å². The van der Waals surface area contributed by atoms with Gasteiger partial charge in [0.1, 0.15) is 16.8 Å². The molecule has 5 aromatic rings. The molecule has 1 fully saturated rings.